The van der Waals surface area contributed by atoms with E-state index in [9.17, 15) is 0 Å². The molecule has 0 saturated carbocycles. The molecule has 0 fully saturated rings. The number of hydrogen-bond donors (Lipinski definition) is 1. The fourth-order valence-electron chi connectivity index (χ4n) is 2.75. The predicted octanol–water partition coefficient (Wildman–Crippen LogP) is 3.26. The van der Waals surface area contributed by atoms with Crippen LogP contribution in [0.3, 0.4) is 0 Å². The SMILES string of the molecule is c1ccc(OCCn2ccnc2)c(CNCc2ccc3nsnc3c2)c1. The van der Waals surface area contributed by atoms with Gasteiger partial charge in [0.15, 0.2) is 0 Å². The van der Waals surface area contributed by atoms with Crippen LogP contribution in [-0.2, 0) is 19.6 Å². The van der Waals surface area contributed by atoms with Crippen molar-refractivity contribution in [3.63, 3.8) is 0 Å². The maximum atomic E-state index is 5.95. The molecule has 0 saturated heterocycles. The van der Waals surface area contributed by atoms with Gasteiger partial charge in [0, 0.05) is 31.0 Å². The molecule has 2 aromatic heterocycles. The molecule has 0 amide bonds. The lowest BCUT2D eigenvalue weighted by atomic mass is 10.1. The smallest absolute Gasteiger partial charge is 0.123 e. The van der Waals surface area contributed by atoms with Crippen molar-refractivity contribution < 1.29 is 4.74 Å². The molecule has 2 aromatic carbocycles. The highest BCUT2D eigenvalue weighted by atomic mass is 32.1. The molecule has 0 aliphatic carbocycles. The Kier molecular flexibility index (Phi) is 5.18. The lowest BCUT2D eigenvalue weighted by Gasteiger charge is -2.12. The summed E-state index contributed by atoms with van der Waals surface area (Å²) in [6.45, 7) is 2.91. The van der Waals surface area contributed by atoms with Gasteiger partial charge in [0.1, 0.15) is 23.4 Å². The lowest BCUT2D eigenvalue weighted by molar-refractivity contribution is 0.294. The van der Waals surface area contributed by atoms with Crippen LogP contribution >= 0.6 is 11.7 Å². The van der Waals surface area contributed by atoms with Gasteiger partial charge in [0.2, 0.25) is 0 Å². The Labute approximate surface area is 155 Å². The van der Waals surface area contributed by atoms with Crippen LogP contribution in [0.25, 0.3) is 11.0 Å². The number of imidazole rings is 1. The standard InChI is InChI=1S/C19H19N5OS/c1-2-4-19(25-10-9-24-8-7-20-14-24)16(3-1)13-21-12-15-5-6-17-18(11-15)23-26-22-17/h1-8,11,14,21H,9-10,12-13H2. The van der Waals surface area contributed by atoms with Crippen molar-refractivity contribution in [3.05, 3.63) is 72.3 Å². The Morgan fingerprint density at radius 2 is 1.96 bits per heavy atom. The minimum absolute atomic E-state index is 0.612. The van der Waals surface area contributed by atoms with Crippen molar-refractivity contribution in [2.24, 2.45) is 0 Å². The van der Waals surface area contributed by atoms with Gasteiger partial charge in [-0.25, -0.2) is 4.98 Å². The van der Waals surface area contributed by atoms with Crippen molar-refractivity contribution in [2.45, 2.75) is 19.6 Å². The molecule has 132 valence electrons. The fourth-order valence-corrected chi connectivity index (χ4v) is 3.27. The van der Waals surface area contributed by atoms with E-state index < -0.39 is 0 Å². The molecule has 4 aromatic rings. The fraction of sp³-hybridized carbons (Fsp3) is 0.211. The van der Waals surface area contributed by atoms with Gasteiger partial charge < -0.3 is 14.6 Å². The zero-order valence-electron chi connectivity index (χ0n) is 14.2. The Morgan fingerprint density at radius 1 is 1.04 bits per heavy atom. The first-order valence-electron chi connectivity index (χ1n) is 8.47. The number of rotatable bonds is 8. The molecule has 0 aliphatic heterocycles. The third-order valence-electron chi connectivity index (χ3n) is 4.10. The van der Waals surface area contributed by atoms with Crippen LogP contribution in [0.2, 0.25) is 0 Å². The van der Waals surface area contributed by atoms with Gasteiger partial charge in [-0.15, -0.1) is 0 Å². The minimum atomic E-state index is 0.612. The average molecular weight is 365 g/mol. The average Bonchev–Trinajstić information content (AvgIpc) is 3.34. The normalized spacial score (nSPS) is 11.1. The molecule has 0 unspecified atom stereocenters. The minimum Gasteiger partial charge on any atom is -0.491 e. The molecule has 0 aliphatic rings. The second kappa shape index (κ2) is 8.07. The van der Waals surface area contributed by atoms with E-state index in [0.29, 0.717) is 6.61 Å². The number of fused-ring (bicyclic) bond motifs is 1. The van der Waals surface area contributed by atoms with E-state index in [1.165, 1.54) is 17.3 Å². The predicted molar refractivity (Wildman–Crippen MR) is 102 cm³/mol. The van der Waals surface area contributed by atoms with Crippen molar-refractivity contribution in [1.82, 2.24) is 23.6 Å². The third-order valence-corrected chi connectivity index (χ3v) is 4.66. The van der Waals surface area contributed by atoms with Gasteiger partial charge in [0.25, 0.3) is 0 Å². The molecular weight excluding hydrogens is 346 g/mol. The molecule has 0 atom stereocenters. The van der Waals surface area contributed by atoms with E-state index in [4.69, 9.17) is 4.74 Å². The monoisotopic (exact) mass is 365 g/mol. The van der Waals surface area contributed by atoms with E-state index in [1.807, 2.05) is 35.0 Å². The highest BCUT2D eigenvalue weighted by Gasteiger charge is 2.04. The molecule has 0 bridgehead atoms. The number of aromatic nitrogens is 4. The Morgan fingerprint density at radius 3 is 2.88 bits per heavy atom. The van der Waals surface area contributed by atoms with E-state index in [0.717, 1.165) is 42.0 Å². The molecule has 2 heterocycles. The molecular formula is C19H19N5OS. The summed E-state index contributed by atoms with van der Waals surface area (Å²) in [6, 6.07) is 14.3. The summed E-state index contributed by atoms with van der Waals surface area (Å²) in [5, 5.41) is 3.48. The summed E-state index contributed by atoms with van der Waals surface area (Å²) in [6.07, 6.45) is 5.51. The largest absolute Gasteiger partial charge is 0.491 e. The molecule has 0 spiro atoms. The van der Waals surface area contributed by atoms with E-state index >= 15 is 0 Å². The number of benzene rings is 2. The lowest BCUT2D eigenvalue weighted by Crippen LogP contribution is -2.14. The van der Waals surface area contributed by atoms with Crippen LogP contribution in [0.4, 0.5) is 0 Å². The maximum absolute atomic E-state index is 5.95. The first kappa shape index (κ1) is 16.7. The van der Waals surface area contributed by atoms with E-state index in [-0.39, 0.29) is 0 Å². The van der Waals surface area contributed by atoms with Gasteiger partial charge in [-0.05, 0) is 23.8 Å². The number of nitrogens with zero attached hydrogens (tertiary/aromatic N) is 4. The summed E-state index contributed by atoms with van der Waals surface area (Å²) in [7, 11) is 0. The van der Waals surface area contributed by atoms with Gasteiger partial charge in [-0.2, -0.15) is 8.75 Å². The van der Waals surface area contributed by atoms with Gasteiger partial charge in [-0.1, -0.05) is 24.3 Å². The number of ether oxygens (including phenoxy) is 1. The first-order valence-corrected chi connectivity index (χ1v) is 9.20. The van der Waals surface area contributed by atoms with Crippen molar-refractivity contribution in [3.8, 4) is 5.75 Å². The maximum Gasteiger partial charge on any atom is 0.123 e. The summed E-state index contributed by atoms with van der Waals surface area (Å²) in [5.74, 6) is 0.916. The highest BCUT2D eigenvalue weighted by Crippen LogP contribution is 2.18. The van der Waals surface area contributed by atoms with Crippen molar-refractivity contribution in [1.29, 1.82) is 0 Å². The molecule has 4 rings (SSSR count). The van der Waals surface area contributed by atoms with E-state index in [2.05, 4.69) is 37.2 Å². The van der Waals surface area contributed by atoms with Crippen LogP contribution in [0.15, 0.2) is 61.2 Å². The van der Waals surface area contributed by atoms with Crippen LogP contribution in [-0.4, -0.2) is 24.9 Å². The summed E-state index contributed by atoms with van der Waals surface area (Å²) < 4.78 is 16.5. The second-order valence-corrected chi connectivity index (χ2v) is 6.48. The zero-order chi connectivity index (χ0) is 17.6. The van der Waals surface area contributed by atoms with Gasteiger partial charge in [0.05, 0.1) is 24.6 Å². The van der Waals surface area contributed by atoms with Crippen LogP contribution < -0.4 is 10.1 Å². The van der Waals surface area contributed by atoms with Gasteiger partial charge >= 0.3 is 0 Å². The molecule has 0 radical (unpaired) electrons. The third kappa shape index (κ3) is 4.07. The number of para-hydroxylation sites is 1. The number of hydrogen-bond acceptors (Lipinski definition) is 6. The van der Waals surface area contributed by atoms with Crippen molar-refractivity contribution >= 4 is 22.8 Å². The summed E-state index contributed by atoms with van der Waals surface area (Å²) >= 11 is 1.25. The van der Waals surface area contributed by atoms with Gasteiger partial charge in [-0.3, -0.25) is 0 Å². The first-order chi connectivity index (χ1) is 12.9. The Hall–Kier alpha value is -2.77. The van der Waals surface area contributed by atoms with Crippen molar-refractivity contribution in [2.75, 3.05) is 6.61 Å². The van der Waals surface area contributed by atoms with Crippen LogP contribution in [0.5, 0.6) is 5.75 Å². The van der Waals surface area contributed by atoms with Crippen LogP contribution in [0.1, 0.15) is 11.1 Å². The van der Waals surface area contributed by atoms with E-state index in [1.54, 1.807) is 12.5 Å². The highest BCUT2D eigenvalue weighted by molar-refractivity contribution is 7.00. The molecule has 1 N–H and O–H groups in total. The summed E-state index contributed by atoms with van der Waals surface area (Å²) in [5.41, 5.74) is 4.26. The second-order valence-electron chi connectivity index (χ2n) is 5.95. The zero-order valence-corrected chi connectivity index (χ0v) is 15.0. The Balaban J connectivity index is 1.32. The molecule has 26 heavy (non-hydrogen) atoms. The quantitative estimate of drug-likeness (QED) is 0.519. The summed E-state index contributed by atoms with van der Waals surface area (Å²) in [4.78, 5) is 4.04. The molecule has 7 heteroatoms. The Bertz CT molecular complexity index is 967. The van der Waals surface area contributed by atoms with Crippen LogP contribution in [0, 0.1) is 0 Å². The molecule has 6 nitrogen and oxygen atoms in total. The number of nitrogens with one attached hydrogen (secondary N) is 1. The topological polar surface area (TPSA) is 64.9 Å².